The Morgan fingerprint density at radius 3 is 3.05 bits per heavy atom. The summed E-state index contributed by atoms with van der Waals surface area (Å²) in [6.45, 7) is 3.27. The zero-order valence-electron chi connectivity index (χ0n) is 11.1. The summed E-state index contributed by atoms with van der Waals surface area (Å²) in [6, 6.07) is 8.74. The number of nitrogens with one attached hydrogen (secondary N) is 1. The second-order valence-corrected chi connectivity index (χ2v) is 6.95. The van der Waals surface area contributed by atoms with Gasteiger partial charge in [0, 0.05) is 29.2 Å². The Hall–Kier alpha value is -1.00. The van der Waals surface area contributed by atoms with Crippen LogP contribution in [0.1, 0.15) is 18.4 Å². The Morgan fingerprint density at radius 2 is 2.26 bits per heavy atom. The minimum atomic E-state index is 0.280. The summed E-state index contributed by atoms with van der Waals surface area (Å²) in [5.74, 6) is 0.648. The molecule has 0 radical (unpaired) electrons. The fourth-order valence-corrected chi connectivity index (χ4v) is 4.49. The molecule has 1 fully saturated rings. The van der Waals surface area contributed by atoms with E-state index in [2.05, 4.69) is 29.2 Å². The highest BCUT2D eigenvalue weighted by Crippen LogP contribution is 2.37. The molecule has 19 heavy (non-hydrogen) atoms. The number of rotatable bonds is 3. The van der Waals surface area contributed by atoms with Crippen LogP contribution in [-0.2, 0) is 6.42 Å². The predicted octanol–water partition coefficient (Wildman–Crippen LogP) is 2.35. The SMILES string of the molecule is N=C(N)C1CCCN(CC2Cc3ccccc3S2)C1. The summed E-state index contributed by atoms with van der Waals surface area (Å²) in [6.07, 6.45) is 3.44. The highest BCUT2D eigenvalue weighted by Gasteiger charge is 2.27. The average Bonchev–Trinajstić information content (AvgIpc) is 2.81. The van der Waals surface area contributed by atoms with Crippen LogP contribution in [0.25, 0.3) is 0 Å². The monoisotopic (exact) mass is 275 g/mol. The van der Waals surface area contributed by atoms with Crippen LogP contribution < -0.4 is 5.73 Å². The van der Waals surface area contributed by atoms with Gasteiger partial charge < -0.3 is 10.6 Å². The van der Waals surface area contributed by atoms with E-state index < -0.39 is 0 Å². The Labute approximate surface area is 119 Å². The van der Waals surface area contributed by atoms with Crippen molar-refractivity contribution < 1.29 is 0 Å². The van der Waals surface area contributed by atoms with Crippen LogP contribution in [0, 0.1) is 11.3 Å². The molecule has 3 rings (SSSR count). The van der Waals surface area contributed by atoms with Crippen LogP contribution in [0.4, 0.5) is 0 Å². The molecule has 4 heteroatoms. The maximum absolute atomic E-state index is 7.61. The molecular formula is C15H21N3S. The molecule has 1 aromatic carbocycles. The molecule has 0 spiro atoms. The molecule has 1 saturated heterocycles. The van der Waals surface area contributed by atoms with Crippen molar-refractivity contribution in [2.45, 2.75) is 29.4 Å². The van der Waals surface area contributed by atoms with E-state index in [9.17, 15) is 0 Å². The summed E-state index contributed by atoms with van der Waals surface area (Å²) < 4.78 is 0. The van der Waals surface area contributed by atoms with Gasteiger partial charge in [0.15, 0.2) is 0 Å². The molecule has 0 aliphatic carbocycles. The molecule has 0 saturated carbocycles. The van der Waals surface area contributed by atoms with E-state index in [1.165, 1.54) is 23.3 Å². The van der Waals surface area contributed by atoms with E-state index in [1.807, 2.05) is 11.8 Å². The lowest BCUT2D eigenvalue weighted by Gasteiger charge is -2.33. The third kappa shape index (κ3) is 2.95. The van der Waals surface area contributed by atoms with Crippen LogP contribution in [0.2, 0.25) is 0 Å². The third-order valence-corrected chi connectivity index (χ3v) is 5.42. The zero-order valence-corrected chi connectivity index (χ0v) is 12.0. The molecule has 3 N–H and O–H groups in total. The highest BCUT2D eigenvalue weighted by atomic mass is 32.2. The average molecular weight is 275 g/mol. The van der Waals surface area contributed by atoms with Crippen molar-refractivity contribution in [3.8, 4) is 0 Å². The number of amidine groups is 1. The van der Waals surface area contributed by atoms with Gasteiger partial charge in [0.25, 0.3) is 0 Å². The minimum Gasteiger partial charge on any atom is -0.387 e. The lowest BCUT2D eigenvalue weighted by atomic mass is 9.97. The first-order chi connectivity index (χ1) is 9.22. The van der Waals surface area contributed by atoms with Crippen LogP contribution >= 0.6 is 11.8 Å². The van der Waals surface area contributed by atoms with Gasteiger partial charge in [-0.25, -0.2) is 0 Å². The third-order valence-electron chi connectivity index (χ3n) is 4.12. The Kier molecular flexibility index (Phi) is 3.80. The number of thioether (sulfide) groups is 1. The first-order valence-corrected chi connectivity index (χ1v) is 7.91. The molecule has 2 aliphatic rings. The van der Waals surface area contributed by atoms with Crippen molar-refractivity contribution >= 4 is 17.6 Å². The van der Waals surface area contributed by atoms with Crippen LogP contribution in [-0.4, -0.2) is 35.6 Å². The number of nitrogens with two attached hydrogens (primary N) is 1. The Morgan fingerprint density at radius 1 is 1.42 bits per heavy atom. The quantitative estimate of drug-likeness (QED) is 0.657. The van der Waals surface area contributed by atoms with Gasteiger partial charge in [0.1, 0.15) is 0 Å². The molecule has 2 atom stereocenters. The van der Waals surface area contributed by atoms with Crippen LogP contribution in [0.15, 0.2) is 29.2 Å². The molecule has 102 valence electrons. The standard InChI is InChI=1S/C15H21N3S/c16-15(17)12-5-3-7-18(9-12)10-13-8-11-4-1-2-6-14(11)19-13/h1-2,4,6,12-13H,3,5,7-10H2,(H3,16,17). The predicted molar refractivity (Wildman–Crippen MR) is 80.9 cm³/mol. The summed E-state index contributed by atoms with van der Waals surface area (Å²) in [7, 11) is 0. The number of piperidine rings is 1. The molecule has 0 aromatic heterocycles. The molecule has 0 bridgehead atoms. The van der Waals surface area contributed by atoms with E-state index in [0.717, 1.165) is 26.1 Å². The summed E-state index contributed by atoms with van der Waals surface area (Å²) >= 11 is 2.01. The van der Waals surface area contributed by atoms with E-state index in [4.69, 9.17) is 11.1 Å². The van der Waals surface area contributed by atoms with Gasteiger partial charge in [0.05, 0.1) is 5.84 Å². The highest BCUT2D eigenvalue weighted by molar-refractivity contribution is 8.00. The van der Waals surface area contributed by atoms with E-state index >= 15 is 0 Å². The second-order valence-electron chi connectivity index (χ2n) is 5.61. The van der Waals surface area contributed by atoms with Gasteiger partial charge in [-0.1, -0.05) is 18.2 Å². The second kappa shape index (κ2) is 5.55. The summed E-state index contributed by atoms with van der Waals surface area (Å²) in [5.41, 5.74) is 7.16. The Balaban J connectivity index is 1.57. The fraction of sp³-hybridized carbons (Fsp3) is 0.533. The van der Waals surface area contributed by atoms with Gasteiger partial charge >= 0.3 is 0 Å². The topological polar surface area (TPSA) is 53.1 Å². The molecule has 2 unspecified atom stereocenters. The maximum atomic E-state index is 7.61. The van der Waals surface area contributed by atoms with E-state index in [1.54, 1.807) is 0 Å². The fourth-order valence-electron chi connectivity index (χ4n) is 3.12. The normalized spacial score (nSPS) is 27.2. The minimum absolute atomic E-state index is 0.280. The van der Waals surface area contributed by atoms with Gasteiger partial charge in [-0.3, -0.25) is 5.41 Å². The molecular weight excluding hydrogens is 254 g/mol. The molecule has 0 amide bonds. The summed E-state index contributed by atoms with van der Waals surface area (Å²) in [5, 5.41) is 8.28. The molecule has 2 heterocycles. The lowest BCUT2D eigenvalue weighted by Crippen LogP contribution is -2.43. The number of nitrogens with zero attached hydrogens (tertiary/aromatic N) is 1. The van der Waals surface area contributed by atoms with E-state index in [0.29, 0.717) is 11.1 Å². The van der Waals surface area contributed by atoms with Crippen molar-refractivity contribution in [3.63, 3.8) is 0 Å². The smallest absolute Gasteiger partial charge is 0.0949 e. The first-order valence-electron chi connectivity index (χ1n) is 7.03. The zero-order chi connectivity index (χ0) is 13.2. The number of hydrogen-bond donors (Lipinski definition) is 2. The first kappa shape index (κ1) is 13.0. The maximum Gasteiger partial charge on any atom is 0.0949 e. The lowest BCUT2D eigenvalue weighted by molar-refractivity contribution is 0.204. The number of likely N-dealkylation sites (tertiary alicyclic amines) is 1. The van der Waals surface area contributed by atoms with Gasteiger partial charge in [0.2, 0.25) is 0 Å². The van der Waals surface area contributed by atoms with Crippen molar-refractivity contribution in [1.82, 2.24) is 4.90 Å². The number of fused-ring (bicyclic) bond motifs is 1. The number of benzene rings is 1. The van der Waals surface area contributed by atoms with Gasteiger partial charge in [-0.05, 0) is 37.4 Å². The van der Waals surface area contributed by atoms with Crippen molar-refractivity contribution in [1.29, 1.82) is 5.41 Å². The Bertz CT molecular complexity index is 449. The summed E-state index contributed by atoms with van der Waals surface area (Å²) in [4.78, 5) is 3.95. The largest absolute Gasteiger partial charge is 0.387 e. The molecule has 2 aliphatic heterocycles. The van der Waals surface area contributed by atoms with Crippen molar-refractivity contribution in [2.24, 2.45) is 11.7 Å². The molecule has 3 nitrogen and oxygen atoms in total. The molecule has 1 aromatic rings. The van der Waals surface area contributed by atoms with Crippen LogP contribution in [0.3, 0.4) is 0 Å². The van der Waals surface area contributed by atoms with Crippen LogP contribution in [0.5, 0.6) is 0 Å². The number of hydrogen-bond acceptors (Lipinski definition) is 3. The van der Waals surface area contributed by atoms with E-state index in [-0.39, 0.29) is 5.92 Å². The van der Waals surface area contributed by atoms with Crippen molar-refractivity contribution in [3.05, 3.63) is 29.8 Å². The van der Waals surface area contributed by atoms with Crippen molar-refractivity contribution in [2.75, 3.05) is 19.6 Å². The van der Waals surface area contributed by atoms with Gasteiger partial charge in [-0.15, -0.1) is 11.8 Å². The van der Waals surface area contributed by atoms with Gasteiger partial charge in [-0.2, -0.15) is 0 Å².